The highest BCUT2D eigenvalue weighted by molar-refractivity contribution is 5.88. The fourth-order valence-corrected chi connectivity index (χ4v) is 1.88. The zero-order valence-electron chi connectivity index (χ0n) is 12.3. The summed E-state index contributed by atoms with van der Waals surface area (Å²) in [5.74, 6) is 0.683. The van der Waals surface area contributed by atoms with Crippen LogP contribution in [0.1, 0.15) is 48.0 Å². The fourth-order valence-electron chi connectivity index (χ4n) is 1.88. The van der Waals surface area contributed by atoms with Crippen LogP contribution in [0.4, 0.5) is 4.79 Å². The van der Waals surface area contributed by atoms with E-state index in [1.807, 2.05) is 41.5 Å². The van der Waals surface area contributed by atoms with E-state index in [0.717, 1.165) is 6.42 Å². The van der Waals surface area contributed by atoms with Crippen molar-refractivity contribution >= 4 is 11.9 Å². The molecule has 2 atom stereocenters. The van der Waals surface area contributed by atoms with Crippen LogP contribution in [0.3, 0.4) is 0 Å². The Bertz CT molecular complexity index is 336. The van der Waals surface area contributed by atoms with E-state index in [1.54, 1.807) is 0 Å². The number of hydrogen-bond acceptors (Lipinski definition) is 3. The van der Waals surface area contributed by atoms with Crippen LogP contribution in [0.2, 0.25) is 0 Å². The van der Waals surface area contributed by atoms with Crippen molar-refractivity contribution < 1.29 is 14.3 Å². The molecule has 1 saturated carbocycles. The van der Waals surface area contributed by atoms with E-state index in [4.69, 9.17) is 4.74 Å². The van der Waals surface area contributed by atoms with E-state index in [0.29, 0.717) is 12.3 Å². The van der Waals surface area contributed by atoms with Gasteiger partial charge in [-0.25, -0.2) is 4.79 Å². The van der Waals surface area contributed by atoms with Crippen molar-refractivity contribution in [1.82, 2.24) is 5.32 Å². The number of hydrogen-bond donors (Lipinski definition) is 1. The van der Waals surface area contributed by atoms with Crippen LogP contribution in [-0.2, 0) is 9.53 Å². The maximum Gasteiger partial charge on any atom is 0.407 e. The number of ketones is 1. The first-order valence-corrected chi connectivity index (χ1v) is 6.52. The summed E-state index contributed by atoms with van der Waals surface area (Å²) in [4.78, 5) is 23.4. The lowest BCUT2D eigenvalue weighted by atomic mass is 9.87. The van der Waals surface area contributed by atoms with Gasteiger partial charge in [-0.1, -0.05) is 20.8 Å². The third-order valence-electron chi connectivity index (χ3n) is 2.91. The topological polar surface area (TPSA) is 55.4 Å². The summed E-state index contributed by atoms with van der Waals surface area (Å²) in [5, 5.41) is 2.72. The lowest BCUT2D eigenvalue weighted by Gasteiger charge is -2.20. The summed E-state index contributed by atoms with van der Waals surface area (Å²) in [6, 6.07) is 0. The lowest BCUT2D eigenvalue weighted by molar-refractivity contribution is -0.127. The Kier molecular flexibility index (Phi) is 4.08. The molecule has 4 nitrogen and oxygen atoms in total. The first kappa shape index (κ1) is 15.0. The van der Waals surface area contributed by atoms with Crippen LogP contribution in [0.15, 0.2) is 0 Å². The number of alkyl carbamates (subject to hydrolysis) is 1. The summed E-state index contributed by atoms with van der Waals surface area (Å²) >= 11 is 0. The molecule has 0 spiro atoms. The van der Waals surface area contributed by atoms with Crippen LogP contribution in [0.5, 0.6) is 0 Å². The molecule has 0 aromatic heterocycles. The van der Waals surface area contributed by atoms with Crippen molar-refractivity contribution in [2.75, 3.05) is 6.54 Å². The van der Waals surface area contributed by atoms with Gasteiger partial charge in [-0.15, -0.1) is 0 Å². The average molecular weight is 255 g/mol. The molecule has 104 valence electrons. The van der Waals surface area contributed by atoms with Gasteiger partial charge >= 0.3 is 6.09 Å². The third kappa shape index (κ3) is 4.67. The minimum absolute atomic E-state index is 0.111. The van der Waals surface area contributed by atoms with E-state index in [2.05, 4.69) is 5.32 Å². The minimum atomic E-state index is -0.478. The van der Waals surface area contributed by atoms with E-state index >= 15 is 0 Å². The largest absolute Gasteiger partial charge is 0.444 e. The molecule has 4 heteroatoms. The highest BCUT2D eigenvalue weighted by Gasteiger charge is 2.46. The zero-order valence-corrected chi connectivity index (χ0v) is 12.3. The number of Topliss-reactive ketones (excluding diaryl/α,β-unsaturated/α-hetero) is 1. The molecule has 0 saturated heterocycles. The second-order valence-corrected chi connectivity index (χ2v) is 7.10. The SMILES string of the molecule is CC(C)(C)OC(=O)NC[C@H]1C[C@H]1C(=O)C(C)(C)C. The molecular formula is C14H25NO3. The molecule has 0 aromatic rings. The predicted molar refractivity (Wildman–Crippen MR) is 70.3 cm³/mol. The summed E-state index contributed by atoms with van der Waals surface area (Å²) < 4.78 is 5.14. The van der Waals surface area contributed by atoms with Gasteiger partial charge in [0.25, 0.3) is 0 Å². The maximum absolute atomic E-state index is 12.0. The minimum Gasteiger partial charge on any atom is -0.444 e. The molecule has 1 N–H and O–H groups in total. The number of carbonyl (C=O) groups excluding carboxylic acids is 2. The van der Waals surface area contributed by atoms with Crippen LogP contribution >= 0.6 is 0 Å². The summed E-state index contributed by atoms with van der Waals surface area (Å²) in [5.41, 5.74) is -0.764. The molecule has 18 heavy (non-hydrogen) atoms. The van der Waals surface area contributed by atoms with Crippen molar-refractivity contribution in [2.45, 2.75) is 53.6 Å². The first-order valence-electron chi connectivity index (χ1n) is 6.52. The molecular weight excluding hydrogens is 230 g/mol. The van der Waals surface area contributed by atoms with E-state index in [-0.39, 0.29) is 17.3 Å². The highest BCUT2D eigenvalue weighted by atomic mass is 16.6. The van der Waals surface area contributed by atoms with Gasteiger partial charge < -0.3 is 10.1 Å². The lowest BCUT2D eigenvalue weighted by Crippen LogP contribution is -2.34. The third-order valence-corrected chi connectivity index (χ3v) is 2.91. The number of rotatable bonds is 3. The van der Waals surface area contributed by atoms with Crippen LogP contribution in [-0.4, -0.2) is 24.0 Å². The highest BCUT2D eigenvalue weighted by Crippen LogP contribution is 2.42. The monoisotopic (exact) mass is 255 g/mol. The van der Waals surface area contributed by atoms with Crippen LogP contribution in [0, 0.1) is 17.3 Å². The molecule has 0 radical (unpaired) electrons. The smallest absolute Gasteiger partial charge is 0.407 e. The van der Waals surface area contributed by atoms with Gasteiger partial charge in [-0.2, -0.15) is 0 Å². The van der Waals surface area contributed by atoms with Gasteiger partial charge in [0.15, 0.2) is 0 Å². The predicted octanol–water partition coefficient (Wildman–Crippen LogP) is 2.76. The molecule has 0 bridgehead atoms. The number of ether oxygens (including phenoxy) is 1. The number of carbonyl (C=O) groups is 2. The van der Waals surface area contributed by atoms with Gasteiger partial charge in [0.1, 0.15) is 11.4 Å². The molecule has 0 aromatic carbocycles. The van der Waals surface area contributed by atoms with Gasteiger partial charge in [-0.3, -0.25) is 4.79 Å². The quantitative estimate of drug-likeness (QED) is 0.843. The standard InChI is InChI=1S/C14H25NO3/c1-13(2,3)11(16)10-7-9(10)8-15-12(17)18-14(4,5)6/h9-10H,7-8H2,1-6H3,(H,15,17)/t9-,10-/m1/s1. The Balaban J connectivity index is 2.29. The van der Waals surface area contributed by atoms with Gasteiger partial charge in [0.2, 0.25) is 0 Å². The molecule has 0 aliphatic heterocycles. The van der Waals surface area contributed by atoms with Crippen molar-refractivity contribution in [1.29, 1.82) is 0 Å². The summed E-state index contributed by atoms with van der Waals surface area (Å²) in [6.07, 6.45) is 0.475. The van der Waals surface area contributed by atoms with Crippen LogP contribution in [0.25, 0.3) is 0 Å². The Morgan fingerprint density at radius 1 is 1.17 bits per heavy atom. The van der Waals surface area contributed by atoms with E-state index in [1.165, 1.54) is 0 Å². The molecule has 1 aliphatic carbocycles. The van der Waals surface area contributed by atoms with Gasteiger partial charge in [-0.05, 0) is 33.1 Å². The van der Waals surface area contributed by atoms with E-state index < -0.39 is 11.7 Å². The molecule has 0 unspecified atom stereocenters. The van der Waals surface area contributed by atoms with Crippen molar-refractivity contribution in [3.8, 4) is 0 Å². The van der Waals surface area contributed by atoms with E-state index in [9.17, 15) is 9.59 Å². The molecule has 1 rings (SSSR count). The van der Waals surface area contributed by atoms with Gasteiger partial charge in [0.05, 0.1) is 0 Å². The molecule has 1 aliphatic rings. The Labute approximate surface area is 109 Å². The number of nitrogens with one attached hydrogen (secondary N) is 1. The summed E-state index contributed by atoms with van der Waals surface area (Å²) in [6.45, 7) is 11.8. The molecule has 0 heterocycles. The first-order chi connectivity index (χ1) is 8.00. The van der Waals surface area contributed by atoms with Crippen molar-refractivity contribution in [3.05, 3.63) is 0 Å². The summed E-state index contributed by atoms with van der Waals surface area (Å²) in [7, 11) is 0. The fraction of sp³-hybridized carbons (Fsp3) is 0.857. The number of amides is 1. The second kappa shape index (κ2) is 4.90. The van der Waals surface area contributed by atoms with Gasteiger partial charge in [0, 0.05) is 17.9 Å². The van der Waals surface area contributed by atoms with Crippen molar-refractivity contribution in [3.63, 3.8) is 0 Å². The Hall–Kier alpha value is -1.06. The van der Waals surface area contributed by atoms with Crippen LogP contribution < -0.4 is 5.32 Å². The zero-order chi connectivity index (χ0) is 14.1. The van der Waals surface area contributed by atoms with Crippen molar-refractivity contribution in [2.24, 2.45) is 17.3 Å². The maximum atomic E-state index is 12.0. The normalized spacial score (nSPS) is 23.4. The molecule has 1 amide bonds. The Morgan fingerprint density at radius 2 is 1.72 bits per heavy atom. The second-order valence-electron chi connectivity index (χ2n) is 7.10. The molecule has 1 fully saturated rings. The Morgan fingerprint density at radius 3 is 2.17 bits per heavy atom. The average Bonchev–Trinajstić information content (AvgIpc) is 2.88.